The highest BCUT2D eigenvalue weighted by atomic mass is 32.2. The van der Waals surface area contributed by atoms with Gasteiger partial charge < -0.3 is 0 Å². The third kappa shape index (κ3) is 3.25. The summed E-state index contributed by atoms with van der Waals surface area (Å²) in [6, 6.07) is 4.59. The molecule has 1 heterocycles. The van der Waals surface area contributed by atoms with Crippen molar-refractivity contribution in [1.82, 2.24) is 10.4 Å². The predicted molar refractivity (Wildman–Crippen MR) is 78.6 cm³/mol. The van der Waals surface area contributed by atoms with Crippen molar-refractivity contribution in [2.24, 2.45) is 5.84 Å². The number of hydrazine groups is 1. The maximum atomic E-state index is 5.75. The molecular weight excluding hydrogens is 242 g/mol. The van der Waals surface area contributed by atoms with Gasteiger partial charge in [-0.15, -0.1) is 0 Å². The quantitative estimate of drug-likeness (QED) is 0.471. The molecule has 0 saturated heterocycles. The molecule has 1 aliphatic carbocycles. The fourth-order valence-electron chi connectivity index (χ4n) is 2.67. The molecule has 0 aromatic carbocycles. The Morgan fingerprint density at radius 3 is 3.28 bits per heavy atom. The second-order valence-electron chi connectivity index (χ2n) is 4.89. The number of nitrogens with two attached hydrogens (primary N) is 1. The molecule has 0 radical (unpaired) electrons. The molecule has 3 nitrogen and oxygen atoms in total. The lowest BCUT2D eigenvalue weighted by molar-refractivity contribution is 0.417. The molecule has 0 amide bonds. The average Bonchev–Trinajstić information content (AvgIpc) is 2.43. The van der Waals surface area contributed by atoms with E-state index in [0.717, 1.165) is 5.75 Å². The Hall–Kier alpha value is -0.580. The van der Waals surface area contributed by atoms with Gasteiger partial charge in [0.1, 0.15) is 0 Å². The molecule has 1 aromatic heterocycles. The van der Waals surface area contributed by atoms with E-state index >= 15 is 0 Å². The van der Waals surface area contributed by atoms with Gasteiger partial charge in [0.2, 0.25) is 0 Å². The van der Waals surface area contributed by atoms with Crippen molar-refractivity contribution in [3.63, 3.8) is 0 Å². The van der Waals surface area contributed by atoms with Crippen LogP contribution in [0.4, 0.5) is 0 Å². The van der Waals surface area contributed by atoms with E-state index in [1.165, 1.54) is 42.7 Å². The molecule has 0 fully saturated rings. The normalized spacial score (nSPS) is 20.4. The van der Waals surface area contributed by atoms with Gasteiger partial charge in [0.05, 0.1) is 0 Å². The molecule has 4 heteroatoms. The number of nitrogens with zero attached hydrogens (tertiary/aromatic N) is 1. The fourth-order valence-corrected chi connectivity index (χ4v) is 3.71. The summed E-state index contributed by atoms with van der Waals surface area (Å²) < 4.78 is 0. The molecule has 2 rings (SSSR count). The summed E-state index contributed by atoms with van der Waals surface area (Å²) in [4.78, 5) is 4.59. The summed E-state index contributed by atoms with van der Waals surface area (Å²) in [6.07, 6.45) is 6.75. The summed E-state index contributed by atoms with van der Waals surface area (Å²) >= 11 is 1.98. The minimum Gasteiger partial charge on any atom is -0.271 e. The highest BCUT2D eigenvalue weighted by molar-refractivity contribution is 7.99. The standard InChI is InChI=1S/C14H23N3S/c1-2-9-18-10-13(17-15)12-7-3-5-11-6-4-8-16-14(11)12/h4,6,8,12-13,17H,2-3,5,7,9-10,15H2,1H3. The van der Waals surface area contributed by atoms with Crippen molar-refractivity contribution < 1.29 is 0 Å². The van der Waals surface area contributed by atoms with Gasteiger partial charge in [-0.05, 0) is 43.1 Å². The summed E-state index contributed by atoms with van der Waals surface area (Å²) in [5.41, 5.74) is 5.69. The van der Waals surface area contributed by atoms with Crippen molar-refractivity contribution in [2.45, 2.75) is 44.6 Å². The maximum absolute atomic E-state index is 5.75. The van der Waals surface area contributed by atoms with E-state index in [1.807, 2.05) is 24.0 Å². The third-order valence-corrected chi connectivity index (χ3v) is 4.88. The number of hydrogen-bond acceptors (Lipinski definition) is 4. The minimum atomic E-state index is 0.343. The van der Waals surface area contributed by atoms with E-state index in [0.29, 0.717) is 12.0 Å². The van der Waals surface area contributed by atoms with Crippen molar-refractivity contribution in [2.75, 3.05) is 11.5 Å². The SMILES string of the molecule is CCCSCC(NN)C1CCCc2cccnc21. The number of fused-ring (bicyclic) bond motifs is 1. The Bertz CT molecular complexity index is 370. The van der Waals surface area contributed by atoms with Crippen molar-refractivity contribution in [3.05, 3.63) is 29.6 Å². The van der Waals surface area contributed by atoms with Crippen LogP contribution < -0.4 is 11.3 Å². The number of pyridine rings is 1. The molecule has 3 N–H and O–H groups in total. The average molecular weight is 265 g/mol. The molecule has 0 spiro atoms. The fraction of sp³-hybridized carbons (Fsp3) is 0.643. The third-order valence-electron chi connectivity index (χ3n) is 3.58. The van der Waals surface area contributed by atoms with Crippen LogP contribution in [0.15, 0.2) is 18.3 Å². The van der Waals surface area contributed by atoms with E-state index in [2.05, 4.69) is 23.4 Å². The monoisotopic (exact) mass is 265 g/mol. The van der Waals surface area contributed by atoms with Crippen LogP contribution in [0.3, 0.4) is 0 Å². The molecule has 0 aliphatic heterocycles. The first-order valence-corrected chi connectivity index (χ1v) is 8.00. The summed E-state index contributed by atoms with van der Waals surface area (Å²) in [5.74, 6) is 8.51. The Morgan fingerprint density at radius 2 is 2.50 bits per heavy atom. The second-order valence-corrected chi connectivity index (χ2v) is 6.04. The van der Waals surface area contributed by atoms with E-state index in [4.69, 9.17) is 5.84 Å². The predicted octanol–water partition coefficient (Wildman–Crippen LogP) is 2.48. The van der Waals surface area contributed by atoms with Crippen molar-refractivity contribution >= 4 is 11.8 Å². The molecule has 0 bridgehead atoms. The van der Waals surface area contributed by atoms with E-state index in [1.54, 1.807) is 0 Å². The molecular formula is C14H23N3S. The first kappa shape index (κ1) is 13.8. The van der Waals surface area contributed by atoms with Gasteiger partial charge in [-0.3, -0.25) is 16.3 Å². The Labute approximate surface area is 114 Å². The van der Waals surface area contributed by atoms with Gasteiger partial charge in [-0.1, -0.05) is 13.0 Å². The molecule has 0 saturated carbocycles. The molecule has 1 aromatic rings. The van der Waals surface area contributed by atoms with Crippen LogP contribution in [0.5, 0.6) is 0 Å². The van der Waals surface area contributed by atoms with Crippen LogP contribution in [0.25, 0.3) is 0 Å². The summed E-state index contributed by atoms with van der Waals surface area (Å²) in [5, 5.41) is 0. The molecule has 2 unspecified atom stereocenters. The van der Waals surface area contributed by atoms with E-state index in [-0.39, 0.29) is 0 Å². The Kier molecular flexibility index (Phi) is 5.47. The lowest BCUT2D eigenvalue weighted by Gasteiger charge is -2.30. The first-order valence-electron chi connectivity index (χ1n) is 6.84. The largest absolute Gasteiger partial charge is 0.271 e. The summed E-state index contributed by atoms with van der Waals surface area (Å²) in [6.45, 7) is 2.22. The first-order chi connectivity index (χ1) is 8.86. The van der Waals surface area contributed by atoms with Gasteiger partial charge in [0.15, 0.2) is 0 Å². The van der Waals surface area contributed by atoms with Crippen LogP contribution in [-0.4, -0.2) is 22.5 Å². The number of aromatic nitrogens is 1. The van der Waals surface area contributed by atoms with Crippen LogP contribution in [0, 0.1) is 0 Å². The van der Waals surface area contributed by atoms with Crippen LogP contribution in [0.2, 0.25) is 0 Å². The van der Waals surface area contributed by atoms with Crippen LogP contribution in [0.1, 0.15) is 43.4 Å². The second kappa shape index (κ2) is 7.12. The van der Waals surface area contributed by atoms with Crippen LogP contribution in [-0.2, 0) is 6.42 Å². The lowest BCUT2D eigenvalue weighted by atomic mass is 9.83. The van der Waals surface area contributed by atoms with Crippen molar-refractivity contribution in [3.8, 4) is 0 Å². The smallest absolute Gasteiger partial charge is 0.0482 e. The van der Waals surface area contributed by atoms with Gasteiger partial charge in [-0.2, -0.15) is 11.8 Å². The molecule has 1 aliphatic rings. The number of rotatable bonds is 6. The van der Waals surface area contributed by atoms with Crippen molar-refractivity contribution in [1.29, 1.82) is 0 Å². The van der Waals surface area contributed by atoms with Gasteiger partial charge in [-0.25, -0.2) is 0 Å². The Balaban J connectivity index is 2.07. The zero-order valence-corrected chi connectivity index (χ0v) is 11.9. The van der Waals surface area contributed by atoms with Gasteiger partial charge in [0.25, 0.3) is 0 Å². The van der Waals surface area contributed by atoms with Gasteiger partial charge in [0, 0.05) is 29.6 Å². The summed E-state index contributed by atoms with van der Waals surface area (Å²) in [7, 11) is 0. The van der Waals surface area contributed by atoms with Gasteiger partial charge >= 0.3 is 0 Å². The number of nitrogens with one attached hydrogen (secondary N) is 1. The highest BCUT2D eigenvalue weighted by Gasteiger charge is 2.28. The number of aryl methyl sites for hydroxylation is 1. The number of thioether (sulfide) groups is 1. The zero-order chi connectivity index (χ0) is 12.8. The lowest BCUT2D eigenvalue weighted by Crippen LogP contribution is -2.43. The van der Waals surface area contributed by atoms with E-state index in [9.17, 15) is 0 Å². The van der Waals surface area contributed by atoms with Crippen LogP contribution >= 0.6 is 11.8 Å². The Morgan fingerprint density at radius 1 is 1.61 bits per heavy atom. The topological polar surface area (TPSA) is 50.9 Å². The maximum Gasteiger partial charge on any atom is 0.0482 e. The number of hydrogen-bond donors (Lipinski definition) is 2. The molecule has 2 atom stereocenters. The minimum absolute atomic E-state index is 0.343. The molecule has 18 heavy (non-hydrogen) atoms. The zero-order valence-electron chi connectivity index (χ0n) is 11.1. The van der Waals surface area contributed by atoms with E-state index < -0.39 is 0 Å². The molecule has 100 valence electrons. The highest BCUT2D eigenvalue weighted by Crippen LogP contribution is 2.33.